The highest BCUT2D eigenvalue weighted by atomic mass is 32.2. The van der Waals surface area contributed by atoms with Crippen molar-refractivity contribution >= 4 is 10.0 Å². The molecule has 0 spiro atoms. The van der Waals surface area contributed by atoms with Crippen LogP contribution in [0.4, 0.5) is 0 Å². The number of benzene rings is 2. The maximum atomic E-state index is 12.6. The predicted octanol–water partition coefficient (Wildman–Crippen LogP) is 2.95. The average Bonchev–Trinajstić information content (AvgIpc) is 2.53. The van der Waals surface area contributed by atoms with Crippen LogP contribution in [0.2, 0.25) is 0 Å². The molecule has 0 aliphatic carbocycles. The van der Waals surface area contributed by atoms with E-state index in [0.29, 0.717) is 0 Å². The maximum Gasteiger partial charge on any atom is 0.241 e. The molecule has 4 nitrogen and oxygen atoms in total. The molecule has 0 fully saturated rings. The summed E-state index contributed by atoms with van der Waals surface area (Å²) in [5, 5.41) is 9.49. The summed E-state index contributed by atoms with van der Waals surface area (Å²) in [6.45, 7) is 5.61. The Balaban J connectivity index is 2.33. The Labute approximate surface area is 138 Å². The highest BCUT2D eigenvalue weighted by molar-refractivity contribution is 7.89. The van der Waals surface area contributed by atoms with E-state index in [1.165, 1.54) is 0 Å². The van der Waals surface area contributed by atoms with Crippen molar-refractivity contribution in [2.75, 3.05) is 6.61 Å². The molecule has 0 radical (unpaired) electrons. The van der Waals surface area contributed by atoms with Gasteiger partial charge in [0.2, 0.25) is 10.0 Å². The number of hydrogen-bond donors (Lipinski definition) is 2. The number of nitrogens with one attached hydrogen (secondary N) is 1. The van der Waals surface area contributed by atoms with Crippen LogP contribution in [0, 0.1) is 19.8 Å². The second-order valence-corrected chi connectivity index (χ2v) is 7.70. The fraction of sp³-hybridized carbons (Fsp3) is 0.333. The first-order chi connectivity index (χ1) is 10.8. The average molecular weight is 333 g/mol. The van der Waals surface area contributed by atoms with Gasteiger partial charge in [-0.25, -0.2) is 13.1 Å². The summed E-state index contributed by atoms with van der Waals surface area (Å²) < 4.78 is 28.0. The molecule has 124 valence electrons. The molecule has 2 atom stereocenters. The molecule has 0 aliphatic heterocycles. The van der Waals surface area contributed by atoms with Crippen molar-refractivity contribution in [2.45, 2.75) is 31.7 Å². The van der Waals surface area contributed by atoms with Crippen molar-refractivity contribution < 1.29 is 13.5 Å². The molecule has 2 N–H and O–H groups in total. The molecule has 2 aromatic rings. The van der Waals surface area contributed by atoms with Gasteiger partial charge >= 0.3 is 0 Å². The van der Waals surface area contributed by atoms with Gasteiger partial charge in [-0.05, 0) is 37.5 Å². The molecule has 0 bridgehead atoms. The van der Waals surface area contributed by atoms with Gasteiger partial charge < -0.3 is 5.11 Å². The van der Waals surface area contributed by atoms with Gasteiger partial charge in [0.05, 0.1) is 10.9 Å². The standard InChI is InChI=1S/C18H23NO3S/c1-13-4-8-16(9-5-13)18(15(3)12-20)19-23(21,22)17-10-6-14(2)7-11-17/h4-11,15,18-20H,12H2,1-3H3/t15-,18-/m0/s1. The topological polar surface area (TPSA) is 66.4 Å². The van der Waals surface area contributed by atoms with Gasteiger partial charge in [0.15, 0.2) is 0 Å². The summed E-state index contributed by atoms with van der Waals surface area (Å²) in [6.07, 6.45) is 0. The predicted molar refractivity (Wildman–Crippen MR) is 91.7 cm³/mol. The minimum Gasteiger partial charge on any atom is -0.396 e. The Morgan fingerprint density at radius 1 is 0.957 bits per heavy atom. The first-order valence-electron chi connectivity index (χ1n) is 7.60. The first-order valence-corrected chi connectivity index (χ1v) is 9.08. The molecule has 0 aromatic heterocycles. The quantitative estimate of drug-likeness (QED) is 0.854. The minimum absolute atomic E-state index is 0.102. The second-order valence-electron chi connectivity index (χ2n) is 5.98. The normalized spacial score (nSPS) is 14.4. The third-order valence-corrected chi connectivity index (χ3v) is 5.36. The molecule has 0 heterocycles. The van der Waals surface area contributed by atoms with E-state index >= 15 is 0 Å². The number of hydrogen-bond acceptors (Lipinski definition) is 3. The van der Waals surface area contributed by atoms with Gasteiger partial charge in [-0.2, -0.15) is 0 Å². The van der Waals surface area contributed by atoms with E-state index in [-0.39, 0.29) is 17.4 Å². The van der Waals surface area contributed by atoms with Crippen molar-refractivity contribution in [3.8, 4) is 0 Å². The third-order valence-electron chi connectivity index (χ3n) is 3.91. The summed E-state index contributed by atoms with van der Waals surface area (Å²) in [4.78, 5) is 0.227. The molecular formula is C18H23NO3S. The molecule has 2 rings (SSSR count). The fourth-order valence-corrected chi connectivity index (χ4v) is 3.68. The lowest BCUT2D eigenvalue weighted by Crippen LogP contribution is -2.33. The van der Waals surface area contributed by atoms with Crippen molar-refractivity contribution in [2.24, 2.45) is 5.92 Å². The molecule has 0 saturated carbocycles. The molecule has 23 heavy (non-hydrogen) atoms. The minimum atomic E-state index is -3.65. The largest absolute Gasteiger partial charge is 0.396 e. The Bertz CT molecular complexity index is 737. The molecule has 5 heteroatoms. The van der Waals surface area contributed by atoms with Crippen LogP contribution in [0.15, 0.2) is 53.4 Å². The summed E-state index contributed by atoms with van der Waals surface area (Å²) in [6, 6.07) is 13.9. The lowest BCUT2D eigenvalue weighted by Gasteiger charge is -2.24. The van der Waals surface area contributed by atoms with Gasteiger partial charge in [0, 0.05) is 6.61 Å². The summed E-state index contributed by atoms with van der Waals surface area (Å²) >= 11 is 0. The Kier molecular flexibility index (Phi) is 5.57. The Hall–Kier alpha value is -1.69. The van der Waals surface area contributed by atoms with E-state index in [0.717, 1.165) is 16.7 Å². The monoisotopic (exact) mass is 333 g/mol. The molecule has 0 unspecified atom stereocenters. The van der Waals surface area contributed by atoms with E-state index in [9.17, 15) is 13.5 Å². The molecule has 0 aliphatic rings. The Morgan fingerprint density at radius 2 is 1.43 bits per heavy atom. The van der Waals surface area contributed by atoms with Crippen LogP contribution in [-0.4, -0.2) is 20.1 Å². The summed E-state index contributed by atoms with van der Waals surface area (Å²) in [7, 11) is -3.65. The van der Waals surface area contributed by atoms with Crippen LogP contribution >= 0.6 is 0 Å². The highest BCUT2D eigenvalue weighted by Crippen LogP contribution is 2.25. The zero-order valence-electron chi connectivity index (χ0n) is 13.7. The fourth-order valence-electron chi connectivity index (χ4n) is 2.34. The van der Waals surface area contributed by atoms with E-state index in [2.05, 4.69) is 4.72 Å². The van der Waals surface area contributed by atoms with E-state index in [4.69, 9.17) is 0 Å². The summed E-state index contributed by atoms with van der Waals surface area (Å²) in [5.41, 5.74) is 2.95. The van der Waals surface area contributed by atoms with Crippen LogP contribution in [0.5, 0.6) is 0 Å². The Morgan fingerprint density at radius 3 is 1.91 bits per heavy atom. The van der Waals surface area contributed by atoms with Gasteiger partial charge in [0.1, 0.15) is 0 Å². The zero-order chi connectivity index (χ0) is 17.0. The van der Waals surface area contributed by atoms with Crippen LogP contribution in [0.1, 0.15) is 29.7 Å². The van der Waals surface area contributed by atoms with Gasteiger partial charge in [-0.1, -0.05) is 54.4 Å². The van der Waals surface area contributed by atoms with Gasteiger partial charge in [-0.15, -0.1) is 0 Å². The number of sulfonamides is 1. The first kappa shape index (κ1) is 17.7. The maximum absolute atomic E-state index is 12.6. The van der Waals surface area contributed by atoms with Crippen molar-refractivity contribution in [1.82, 2.24) is 4.72 Å². The lowest BCUT2D eigenvalue weighted by molar-refractivity contribution is 0.211. The van der Waals surface area contributed by atoms with Crippen molar-refractivity contribution in [1.29, 1.82) is 0 Å². The molecular weight excluding hydrogens is 310 g/mol. The SMILES string of the molecule is Cc1ccc([C@@H](NS(=O)(=O)c2ccc(C)cc2)[C@@H](C)CO)cc1. The number of aliphatic hydroxyl groups is 1. The van der Waals surface area contributed by atoms with Gasteiger partial charge in [0.25, 0.3) is 0 Å². The second kappa shape index (κ2) is 7.25. The molecule has 0 saturated heterocycles. The van der Waals surface area contributed by atoms with Crippen molar-refractivity contribution in [3.05, 3.63) is 65.2 Å². The van der Waals surface area contributed by atoms with E-state index < -0.39 is 16.1 Å². The summed E-state index contributed by atoms with van der Waals surface area (Å²) in [5.74, 6) is -0.238. The van der Waals surface area contributed by atoms with E-state index in [1.807, 2.05) is 45.0 Å². The lowest BCUT2D eigenvalue weighted by atomic mass is 9.95. The number of aryl methyl sites for hydroxylation is 2. The number of aliphatic hydroxyl groups excluding tert-OH is 1. The van der Waals surface area contributed by atoms with Crippen LogP contribution < -0.4 is 4.72 Å². The van der Waals surface area contributed by atoms with Crippen molar-refractivity contribution in [3.63, 3.8) is 0 Å². The molecule has 0 amide bonds. The number of rotatable bonds is 6. The van der Waals surface area contributed by atoms with Crippen LogP contribution in [-0.2, 0) is 10.0 Å². The molecule has 2 aromatic carbocycles. The smallest absolute Gasteiger partial charge is 0.241 e. The highest BCUT2D eigenvalue weighted by Gasteiger charge is 2.25. The third kappa shape index (κ3) is 4.41. The zero-order valence-corrected chi connectivity index (χ0v) is 14.5. The van der Waals surface area contributed by atoms with Crippen LogP contribution in [0.25, 0.3) is 0 Å². The van der Waals surface area contributed by atoms with Crippen LogP contribution in [0.3, 0.4) is 0 Å². The van der Waals surface area contributed by atoms with Gasteiger partial charge in [-0.3, -0.25) is 0 Å². The van der Waals surface area contributed by atoms with E-state index in [1.54, 1.807) is 24.3 Å².